The minimum Gasteiger partial charge on any atom is -0.493 e. The van der Waals surface area contributed by atoms with E-state index in [2.05, 4.69) is 0 Å². The number of fused-ring (bicyclic) bond motifs is 3. The van der Waals surface area contributed by atoms with Crippen LogP contribution in [0, 0.1) is 0 Å². The number of hydrogen-bond acceptors (Lipinski definition) is 8. The van der Waals surface area contributed by atoms with Crippen molar-refractivity contribution >= 4 is 16.7 Å². The molecule has 0 radical (unpaired) electrons. The van der Waals surface area contributed by atoms with Crippen molar-refractivity contribution in [3.63, 3.8) is 0 Å². The number of rotatable bonds is 5. The third-order valence-corrected chi connectivity index (χ3v) is 6.53. The van der Waals surface area contributed by atoms with Gasteiger partial charge in [0, 0.05) is 29.4 Å². The molecule has 0 amide bonds. The molecule has 0 aliphatic carbocycles. The van der Waals surface area contributed by atoms with Crippen molar-refractivity contribution in [2.24, 2.45) is 0 Å². The Morgan fingerprint density at radius 2 is 1.59 bits per heavy atom. The first kappa shape index (κ1) is 20.9. The summed E-state index contributed by atoms with van der Waals surface area (Å²) in [6, 6.07) is 9.45. The quantitative estimate of drug-likeness (QED) is 0.512. The van der Waals surface area contributed by atoms with E-state index in [0.29, 0.717) is 47.5 Å². The van der Waals surface area contributed by atoms with Gasteiger partial charge in [-0.05, 0) is 35.2 Å². The Kier molecular flexibility index (Phi) is 5.10. The van der Waals surface area contributed by atoms with E-state index in [4.69, 9.17) is 33.2 Å². The van der Waals surface area contributed by atoms with Crippen molar-refractivity contribution < 1.29 is 38.0 Å². The van der Waals surface area contributed by atoms with Gasteiger partial charge in [-0.3, -0.25) is 0 Å². The molecular weight excluding hydrogens is 440 g/mol. The zero-order chi connectivity index (χ0) is 23.2. The van der Waals surface area contributed by atoms with Crippen molar-refractivity contribution in [2.75, 3.05) is 34.2 Å². The third kappa shape index (κ3) is 3.28. The van der Waals surface area contributed by atoms with E-state index in [1.807, 2.05) is 30.3 Å². The van der Waals surface area contributed by atoms with Crippen LogP contribution >= 0.6 is 0 Å². The van der Waals surface area contributed by atoms with Crippen molar-refractivity contribution in [1.82, 2.24) is 0 Å². The Morgan fingerprint density at radius 3 is 2.35 bits per heavy atom. The van der Waals surface area contributed by atoms with Crippen LogP contribution in [0.15, 0.2) is 30.3 Å². The second-order valence-corrected chi connectivity index (χ2v) is 8.38. The first-order valence-corrected chi connectivity index (χ1v) is 11.2. The molecule has 0 saturated carbocycles. The summed E-state index contributed by atoms with van der Waals surface area (Å²) in [6.07, 6.45) is 1.55. The molecule has 3 aromatic rings. The number of esters is 1. The molecule has 176 valence electrons. The smallest absolute Gasteiger partial charge is 0.339 e. The highest BCUT2D eigenvalue weighted by molar-refractivity contribution is 6.14. The molecule has 1 fully saturated rings. The maximum Gasteiger partial charge on any atom is 0.339 e. The Labute approximate surface area is 196 Å². The summed E-state index contributed by atoms with van der Waals surface area (Å²) in [5.74, 6) is 2.71. The molecule has 34 heavy (non-hydrogen) atoms. The van der Waals surface area contributed by atoms with Gasteiger partial charge >= 0.3 is 5.97 Å². The average molecular weight is 464 g/mol. The normalized spacial score (nSPS) is 16.9. The van der Waals surface area contributed by atoms with E-state index in [1.54, 1.807) is 14.2 Å². The molecule has 3 aliphatic heterocycles. The van der Waals surface area contributed by atoms with Crippen molar-refractivity contribution in [1.29, 1.82) is 0 Å². The zero-order valence-electron chi connectivity index (χ0n) is 19.0. The summed E-state index contributed by atoms with van der Waals surface area (Å²) in [7, 11) is 3.19. The summed E-state index contributed by atoms with van der Waals surface area (Å²) in [5, 5.41) is 1.63. The van der Waals surface area contributed by atoms with Crippen molar-refractivity contribution in [2.45, 2.75) is 25.6 Å². The van der Waals surface area contributed by atoms with Crippen LogP contribution in [-0.4, -0.2) is 46.3 Å². The summed E-state index contributed by atoms with van der Waals surface area (Å²) >= 11 is 0. The predicted octanol–water partition coefficient (Wildman–Crippen LogP) is 4.48. The summed E-state index contributed by atoms with van der Waals surface area (Å²) in [6.45, 7) is 1.61. The van der Waals surface area contributed by atoms with Crippen LogP contribution in [0.2, 0.25) is 0 Å². The number of benzene rings is 3. The lowest BCUT2D eigenvalue weighted by molar-refractivity contribution is 0.0254. The van der Waals surface area contributed by atoms with E-state index >= 15 is 0 Å². The maximum atomic E-state index is 13.0. The van der Waals surface area contributed by atoms with Gasteiger partial charge < -0.3 is 33.2 Å². The van der Waals surface area contributed by atoms with E-state index < -0.39 is 0 Å². The molecule has 0 unspecified atom stereocenters. The van der Waals surface area contributed by atoms with Crippen LogP contribution in [0.4, 0.5) is 0 Å². The maximum absolute atomic E-state index is 13.0. The molecule has 0 spiro atoms. The lowest BCUT2D eigenvalue weighted by atomic mass is 9.89. The molecule has 6 rings (SSSR count). The standard InChI is InChI=1S/C26H24O8/c1-28-20-10-16-17(11-21(20)29-2)25(34-15-5-7-30-8-6-15)18-12-31-26(27)24(18)23(16)14-3-4-19-22(9-14)33-13-32-19/h3-4,9-11,15H,5-8,12-13H2,1-2H3. The fourth-order valence-corrected chi connectivity index (χ4v) is 4.86. The number of cyclic esters (lactones) is 1. The molecule has 3 aliphatic rings. The van der Waals surface area contributed by atoms with Gasteiger partial charge in [-0.25, -0.2) is 4.79 Å². The van der Waals surface area contributed by atoms with Gasteiger partial charge in [0.25, 0.3) is 0 Å². The second kappa shape index (κ2) is 8.29. The number of hydrogen-bond donors (Lipinski definition) is 0. The van der Waals surface area contributed by atoms with Crippen LogP contribution < -0.4 is 23.7 Å². The fraction of sp³-hybridized carbons (Fsp3) is 0.346. The topological polar surface area (TPSA) is 81.7 Å². The lowest BCUT2D eigenvalue weighted by Crippen LogP contribution is -2.26. The number of methoxy groups -OCH3 is 2. The van der Waals surface area contributed by atoms with Gasteiger partial charge in [0.15, 0.2) is 23.0 Å². The molecule has 3 heterocycles. The van der Waals surface area contributed by atoms with E-state index in [9.17, 15) is 4.79 Å². The van der Waals surface area contributed by atoms with Crippen LogP contribution in [-0.2, 0) is 16.1 Å². The molecule has 3 aromatic carbocycles. The Balaban J connectivity index is 1.64. The minimum atomic E-state index is -0.379. The van der Waals surface area contributed by atoms with Crippen LogP contribution in [0.25, 0.3) is 21.9 Å². The molecule has 8 nitrogen and oxygen atoms in total. The third-order valence-electron chi connectivity index (χ3n) is 6.53. The first-order valence-electron chi connectivity index (χ1n) is 11.2. The van der Waals surface area contributed by atoms with Gasteiger partial charge in [-0.2, -0.15) is 0 Å². The number of carbonyl (C=O) groups is 1. The second-order valence-electron chi connectivity index (χ2n) is 8.38. The van der Waals surface area contributed by atoms with Gasteiger partial charge in [0.1, 0.15) is 18.5 Å². The SMILES string of the molecule is COc1cc2c(OC3CCOCC3)c3c(c(-c4ccc5c(c4)OCO5)c2cc1OC)C(=O)OC3. The number of carbonyl (C=O) groups excluding carboxylic acids is 1. The molecular formula is C26H24O8. The highest BCUT2D eigenvalue weighted by atomic mass is 16.7. The molecule has 0 atom stereocenters. The van der Waals surface area contributed by atoms with E-state index in [1.165, 1.54) is 0 Å². The van der Waals surface area contributed by atoms with Crippen molar-refractivity contribution in [3.8, 4) is 39.9 Å². The molecule has 8 heteroatoms. The van der Waals surface area contributed by atoms with Crippen LogP contribution in [0.1, 0.15) is 28.8 Å². The largest absolute Gasteiger partial charge is 0.493 e. The molecule has 0 bridgehead atoms. The van der Waals surface area contributed by atoms with Crippen LogP contribution in [0.3, 0.4) is 0 Å². The van der Waals surface area contributed by atoms with Crippen molar-refractivity contribution in [3.05, 3.63) is 41.5 Å². The highest BCUT2D eigenvalue weighted by Gasteiger charge is 2.34. The monoisotopic (exact) mass is 464 g/mol. The summed E-state index contributed by atoms with van der Waals surface area (Å²) in [5.41, 5.74) is 2.80. The number of ether oxygens (including phenoxy) is 7. The van der Waals surface area contributed by atoms with Crippen LogP contribution in [0.5, 0.6) is 28.7 Å². The van der Waals surface area contributed by atoms with Gasteiger partial charge in [0.05, 0.1) is 33.0 Å². The Bertz CT molecular complexity index is 1290. The first-order chi connectivity index (χ1) is 16.7. The molecule has 1 saturated heterocycles. The van der Waals surface area contributed by atoms with Gasteiger partial charge in [0.2, 0.25) is 6.79 Å². The fourth-order valence-electron chi connectivity index (χ4n) is 4.86. The van der Waals surface area contributed by atoms with Gasteiger partial charge in [-0.15, -0.1) is 0 Å². The summed E-state index contributed by atoms with van der Waals surface area (Å²) in [4.78, 5) is 13.0. The zero-order valence-corrected chi connectivity index (χ0v) is 19.0. The average Bonchev–Trinajstić information content (AvgIpc) is 3.50. The minimum absolute atomic E-state index is 0.0127. The lowest BCUT2D eigenvalue weighted by Gasteiger charge is -2.26. The Hall–Kier alpha value is -3.65. The van der Waals surface area contributed by atoms with E-state index in [-0.39, 0.29) is 25.5 Å². The Morgan fingerprint density at radius 1 is 0.853 bits per heavy atom. The van der Waals surface area contributed by atoms with Gasteiger partial charge in [-0.1, -0.05) is 6.07 Å². The summed E-state index contributed by atoms with van der Waals surface area (Å²) < 4.78 is 39.9. The molecule has 0 N–H and O–H groups in total. The van der Waals surface area contributed by atoms with E-state index in [0.717, 1.165) is 40.3 Å². The predicted molar refractivity (Wildman–Crippen MR) is 122 cm³/mol. The highest BCUT2D eigenvalue weighted by Crippen LogP contribution is 2.49. The molecule has 0 aromatic heterocycles.